The molecule has 6 atom stereocenters. The third kappa shape index (κ3) is 7.56. The summed E-state index contributed by atoms with van der Waals surface area (Å²) in [5.74, 6) is -12.4. The van der Waals surface area contributed by atoms with Crippen molar-refractivity contribution >= 4 is 5.91 Å². The van der Waals surface area contributed by atoms with E-state index in [1.165, 1.54) is 12.8 Å². The molecule has 7 rings (SSSR count). The molecule has 2 aliphatic heterocycles. The highest BCUT2D eigenvalue weighted by Gasteiger charge is 2.51. The molecule has 286 valence electrons. The number of fused-ring (bicyclic) bond motifs is 2. The zero-order valence-electron chi connectivity index (χ0n) is 30.8. The third-order valence-electron chi connectivity index (χ3n) is 11.4. The first-order valence-electron chi connectivity index (χ1n) is 18.4. The summed E-state index contributed by atoms with van der Waals surface area (Å²) in [5.41, 5.74) is 3.90. The van der Waals surface area contributed by atoms with Crippen LogP contribution in [0.3, 0.4) is 0 Å². The monoisotopic (exact) mass is 748 g/mol. The zero-order valence-corrected chi connectivity index (χ0v) is 30.8. The minimum atomic E-state index is -2.33. The fraction of sp³-hybridized carbons (Fsp3) is 0.419. The lowest BCUT2D eigenvalue weighted by Crippen LogP contribution is -2.46. The molecule has 2 heterocycles. The number of carbonyl (C=O) groups excluding carboxylic acids is 1. The first-order valence-corrected chi connectivity index (χ1v) is 18.4. The van der Waals surface area contributed by atoms with Crippen molar-refractivity contribution in [2.75, 3.05) is 13.1 Å². The van der Waals surface area contributed by atoms with E-state index < -0.39 is 46.8 Å². The lowest BCUT2D eigenvalue weighted by molar-refractivity contribution is -0.276. The van der Waals surface area contributed by atoms with Crippen LogP contribution in [0.1, 0.15) is 92.0 Å². The Hall–Kier alpha value is -4.16. The molecule has 3 fully saturated rings. The second-order valence-corrected chi connectivity index (χ2v) is 16.4. The smallest absolute Gasteiger partial charge is 0.257 e. The van der Waals surface area contributed by atoms with E-state index in [9.17, 15) is 31.9 Å². The highest BCUT2D eigenvalue weighted by Crippen LogP contribution is 2.53. The number of carbonyl (C=O) groups is 1. The Morgan fingerprint density at radius 1 is 0.815 bits per heavy atom. The van der Waals surface area contributed by atoms with E-state index in [1.807, 2.05) is 54.6 Å². The fourth-order valence-electron chi connectivity index (χ4n) is 9.12. The van der Waals surface area contributed by atoms with E-state index >= 15 is 0 Å². The molecule has 1 amide bonds. The topological polar surface area (TPSA) is 71.0 Å². The van der Waals surface area contributed by atoms with Crippen molar-refractivity contribution in [3.8, 4) is 11.1 Å². The molecule has 6 nitrogen and oxygen atoms in total. The Morgan fingerprint density at radius 2 is 1.46 bits per heavy atom. The van der Waals surface area contributed by atoms with Crippen LogP contribution in [-0.4, -0.2) is 41.1 Å². The Balaban J connectivity index is 1.08. The van der Waals surface area contributed by atoms with Crippen LogP contribution in [-0.2, 0) is 22.6 Å². The van der Waals surface area contributed by atoms with Crippen LogP contribution in [0.5, 0.6) is 0 Å². The average molecular weight is 749 g/mol. The lowest BCUT2D eigenvalue weighted by Gasteiger charge is -2.43. The lowest BCUT2D eigenvalue weighted by atomic mass is 9.65. The maximum absolute atomic E-state index is 14.2. The Morgan fingerprint density at radius 3 is 2.13 bits per heavy atom. The third-order valence-corrected chi connectivity index (χ3v) is 11.4. The van der Waals surface area contributed by atoms with Crippen molar-refractivity contribution in [2.45, 2.75) is 84.6 Å². The van der Waals surface area contributed by atoms with Crippen molar-refractivity contribution in [1.82, 2.24) is 10.2 Å². The predicted octanol–water partition coefficient (Wildman–Crippen LogP) is 9.16. The molecule has 1 saturated carbocycles. The molecule has 2 N–H and O–H groups in total. The zero-order chi connectivity index (χ0) is 38.5. The normalized spacial score (nSPS) is 26.5. The van der Waals surface area contributed by atoms with Crippen LogP contribution in [0, 0.1) is 45.8 Å². The average Bonchev–Trinajstić information content (AvgIpc) is 3.40. The van der Waals surface area contributed by atoms with E-state index in [2.05, 4.69) is 37.9 Å². The van der Waals surface area contributed by atoms with Gasteiger partial charge in [-0.3, -0.25) is 9.69 Å². The standard InChI is InChI=1S/C43H45F5N2O4/c1-24-32(20-50-23-43(4)18-31(50)17-42(2,3)22-43)53-41(54-39(24)28-10-8-25(21-51)9-11-28)29-14-12-27(13-15-29)30-7-5-6-26(16-30)19-49-40(52)33-34(44)36(46)38(48)37(47)35(33)45/h5-16,24,31-32,39,41,51H,17-23H2,1-4H3,(H,49,52)/t24-,31?,32+,39+,41+,43?/m0/s1. The maximum Gasteiger partial charge on any atom is 0.257 e. The number of likely N-dealkylation sites (tertiary alicyclic amines) is 1. The van der Waals surface area contributed by atoms with Crippen molar-refractivity contribution in [3.05, 3.63) is 130 Å². The Labute approximate surface area is 312 Å². The summed E-state index contributed by atoms with van der Waals surface area (Å²) in [4.78, 5) is 15.1. The minimum absolute atomic E-state index is 0.0382. The summed E-state index contributed by atoms with van der Waals surface area (Å²) in [6, 6.07) is 23.2. The van der Waals surface area contributed by atoms with Crippen molar-refractivity contribution in [1.29, 1.82) is 0 Å². The van der Waals surface area contributed by atoms with Crippen molar-refractivity contribution < 1.29 is 41.3 Å². The molecule has 2 unspecified atom stereocenters. The molecule has 4 aromatic rings. The van der Waals surface area contributed by atoms with Gasteiger partial charge in [0.1, 0.15) is 5.56 Å². The van der Waals surface area contributed by atoms with Crippen molar-refractivity contribution in [2.24, 2.45) is 16.7 Å². The van der Waals surface area contributed by atoms with Gasteiger partial charge in [0.25, 0.3) is 5.91 Å². The highest BCUT2D eigenvalue weighted by molar-refractivity contribution is 5.94. The molecule has 11 heteroatoms. The SMILES string of the molecule is C[C@H]1[C@@H](CN2CC3(C)CC2CC(C)(C)C3)O[C@@H](c2ccc(-c3cccc(CNC(=O)c4c(F)c(F)c(F)c(F)c4F)c3)cc2)O[C@H]1c1ccc(CO)cc1. The number of amides is 1. The fourth-order valence-corrected chi connectivity index (χ4v) is 9.12. The quantitative estimate of drug-likeness (QED) is 0.102. The Bertz CT molecular complexity index is 1990. The number of nitrogens with zero attached hydrogens (tertiary/aromatic N) is 1. The van der Waals surface area contributed by atoms with Crippen molar-refractivity contribution in [3.63, 3.8) is 0 Å². The van der Waals surface area contributed by atoms with Crippen LogP contribution in [0.15, 0.2) is 72.8 Å². The highest BCUT2D eigenvalue weighted by atomic mass is 19.2. The molecule has 54 heavy (non-hydrogen) atoms. The summed E-state index contributed by atoms with van der Waals surface area (Å²) in [5, 5.41) is 11.9. The van der Waals surface area contributed by atoms with Gasteiger partial charge in [0.05, 0.1) is 18.8 Å². The Kier molecular flexibility index (Phi) is 10.5. The first kappa shape index (κ1) is 38.1. The molecule has 3 aliphatic rings. The van der Waals surface area contributed by atoms with Gasteiger partial charge in [-0.1, -0.05) is 94.4 Å². The largest absolute Gasteiger partial charge is 0.392 e. The number of ether oxygens (including phenoxy) is 2. The molecule has 1 aliphatic carbocycles. The van der Waals surface area contributed by atoms with Crippen LogP contribution < -0.4 is 5.32 Å². The van der Waals surface area contributed by atoms with Gasteiger partial charge in [-0.05, 0) is 64.0 Å². The molecule has 2 saturated heterocycles. The van der Waals surface area contributed by atoms with E-state index in [0.717, 1.165) is 47.3 Å². The predicted molar refractivity (Wildman–Crippen MR) is 193 cm³/mol. The summed E-state index contributed by atoms with van der Waals surface area (Å²) in [6.45, 7) is 10.9. The number of rotatable bonds is 9. The van der Waals surface area contributed by atoms with Crippen LogP contribution in [0.25, 0.3) is 11.1 Å². The maximum atomic E-state index is 14.2. The summed E-state index contributed by atoms with van der Waals surface area (Å²) < 4.78 is 82.7. The van der Waals surface area contributed by atoms with Gasteiger partial charge in [0.15, 0.2) is 29.6 Å². The molecule has 2 bridgehead atoms. The van der Waals surface area contributed by atoms with Gasteiger partial charge >= 0.3 is 0 Å². The number of aliphatic hydroxyl groups excluding tert-OH is 1. The summed E-state index contributed by atoms with van der Waals surface area (Å²) in [6.07, 6.45) is 2.59. The van der Waals surface area contributed by atoms with E-state index in [1.54, 1.807) is 18.2 Å². The molecule has 0 radical (unpaired) electrons. The molecule has 0 spiro atoms. The van der Waals surface area contributed by atoms with Gasteiger partial charge in [-0.25, -0.2) is 22.0 Å². The number of benzene rings is 4. The van der Waals surface area contributed by atoms with Gasteiger partial charge in [-0.2, -0.15) is 0 Å². The van der Waals surface area contributed by atoms with Crippen LogP contribution in [0.4, 0.5) is 22.0 Å². The first-order chi connectivity index (χ1) is 25.6. The second-order valence-electron chi connectivity index (χ2n) is 16.4. The van der Waals surface area contributed by atoms with E-state index in [4.69, 9.17) is 9.47 Å². The summed E-state index contributed by atoms with van der Waals surface area (Å²) >= 11 is 0. The van der Waals surface area contributed by atoms with Gasteiger partial charge in [-0.15, -0.1) is 0 Å². The molecule has 4 aromatic carbocycles. The van der Waals surface area contributed by atoms with E-state index in [0.29, 0.717) is 17.0 Å². The minimum Gasteiger partial charge on any atom is -0.392 e. The van der Waals surface area contributed by atoms with Crippen LogP contribution >= 0.6 is 0 Å². The number of nitrogens with one attached hydrogen (secondary N) is 1. The molecule has 0 aromatic heterocycles. The van der Waals surface area contributed by atoms with Gasteiger partial charge in [0, 0.05) is 37.2 Å². The molecular formula is C43H45F5N2O4. The number of hydrogen-bond acceptors (Lipinski definition) is 5. The van der Waals surface area contributed by atoms with Gasteiger partial charge in [0.2, 0.25) is 5.82 Å². The molecular weight excluding hydrogens is 703 g/mol. The summed E-state index contributed by atoms with van der Waals surface area (Å²) in [7, 11) is 0. The number of halogens is 5. The number of aliphatic hydroxyl groups is 1. The van der Waals surface area contributed by atoms with Gasteiger partial charge < -0.3 is 19.9 Å². The van der Waals surface area contributed by atoms with Crippen LogP contribution in [0.2, 0.25) is 0 Å². The van der Waals surface area contributed by atoms with E-state index in [-0.39, 0.29) is 36.7 Å². The second kappa shape index (κ2) is 14.8. The number of hydrogen-bond donors (Lipinski definition) is 2.